The van der Waals surface area contributed by atoms with E-state index in [9.17, 15) is 14.9 Å². The van der Waals surface area contributed by atoms with Gasteiger partial charge in [-0.2, -0.15) is 0 Å². The van der Waals surface area contributed by atoms with Crippen LogP contribution in [-0.4, -0.2) is 16.2 Å². The number of aromatic nitrogens is 1. The topological polar surface area (TPSA) is 82.3 Å². The molecule has 0 atom stereocenters. The van der Waals surface area contributed by atoms with Gasteiger partial charge in [-0.15, -0.1) is 0 Å². The van der Waals surface area contributed by atoms with Gasteiger partial charge in [0.1, 0.15) is 0 Å². The highest BCUT2D eigenvalue weighted by Gasteiger charge is 2.16. The monoisotopic (exact) mass is 322 g/mol. The van der Waals surface area contributed by atoms with Crippen molar-refractivity contribution >= 4 is 27.9 Å². The molecule has 1 aromatic heterocycles. The fourth-order valence-corrected chi connectivity index (χ4v) is 1.70. The van der Waals surface area contributed by atoms with Gasteiger partial charge in [-0.05, 0) is 18.2 Å². The molecule has 2 rings (SSSR count). The molecule has 0 bridgehead atoms. The van der Waals surface area contributed by atoms with E-state index in [4.69, 9.17) is 4.74 Å². The second-order valence-electron chi connectivity index (χ2n) is 3.52. The van der Waals surface area contributed by atoms with E-state index in [1.165, 1.54) is 30.5 Å². The highest BCUT2D eigenvalue weighted by Crippen LogP contribution is 2.32. The zero-order chi connectivity index (χ0) is 13.8. The Hall–Kier alpha value is -2.28. The molecule has 0 saturated heterocycles. The van der Waals surface area contributed by atoms with Gasteiger partial charge in [-0.25, -0.2) is 4.98 Å². The van der Waals surface area contributed by atoms with E-state index in [1.54, 1.807) is 6.07 Å². The molecule has 7 heteroatoms. The van der Waals surface area contributed by atoms with Gasteiger partial charge in [0, 0.05) is 28.4 Å². The number of carbonyl (C=O) groups is 1. The number of benzene rings is 1. The molecule has 2 aromatic rings. The van der Waals surface area contributed by atoms with Crippen LogP contribution in [0.3, 0.4) is 0 Å². The molecule has 0 unspecified atom stereocenters. The summed E-state index contributed by atoms with van der Waals surface area (Å²) in [6.45, 7) is 0. The van der Waals surface area contributed by atoms with Gasteiger partial charge >= 0.3 is 5.69 Å². The van der Waals surface area contributed by atoms with Crippen molar-refractivity contribution in [2.75, 3.05) is 0 Å². The molecule has 0 aliphatic carbocycles. The molecular weight excluding hydrogens is 316 g/mol. The summed E-state index contributed by atoms with van der Waals surface area (Å²) < 4.78 is 5.92. The van der Waals surface area contributed by atoms with Gasteiger partial charge < -0.3 is 4.74 Å². The number of ether oxygens (including phenoxy) is 1. The van der Waals surface area contributed by atoms with Crippen LogP contribution in [0.25, 0.3) is 0 Å². The van der Waals surface area contributed by atoms with Crippen molar-refractivity contribution in [3.63, 3.8) is 0 Å². The lowest BCUT2D eigenvalue weighted by molar-refractivity contribution is -0.385. The van der Waals surface area contributed by atoms with Gasteiger partial charge in [0.15, 0.2) is 6.29 Å². The molecule has 0 aliphatic rings. The number of hydrogen-bond donors (Lipinski definition) is 0. The summed E-state index contributed by atoms with van der Waals surface area (Å²) in [5.74, 6) is 0.260. The minimum atomic E-state index is -0.542. The highest BCUT2D eigenvalue weighted by atomic mass is 79.9. The Labute approximate surface area is 116 Å². The van der Waals surface area contributed by atoms with Crippen LogP contribution in [0.2, 0.25) is 0 Å². The predicted octanol–water partition coefficient (Wildman–Crippen LogP) is 3.36. The molecule has 0 amide bonds. The largest absolute Gasteiger partial charge is 0.432 e. The molecule has 96 valence electrons. The highest BCUT2D eigenvalue weighted by molar-refractivity contribution is 9.10. The first-order chi connectivity index (χ1) is 9.10. The number of nitrogens with zero attached hydrogens (tertiary/aromatic N) is 2. The summed E-state index contributed by atoms with van der Waals surface area (Å²) in [7, 11) is 0. The predicted molar refractivity (Wildman–Crippen MR) is 70.5 cm³/mol. The first-order valence-electron chi connectivity index (χ1n) is 5.13. The van der Waals surface area contributed by atoms with E-state index in [0.717, 1.165) is 0 Å². The third kappa shape index (κ3) is 3.14. The molecule has 0 N–H and O–H groups in total. The summed E-state index contributed by atoms with van der Waals surface area (Å²) >= 11 is 3.15. The fourth-order valence-electron chi connectivity index (χ4n) is 1.35. The molecule has 6 nitrogen and oxygen atoms in total. The maximum Gasteiger partial charge on any atom is 0.312 e. The minimum Gasteiger partial charge on any atom is -0.432 e. The summed E-state index contributed by atoms with van der Waals surface area (Å²) in [4.78, 5) is 24.7. The van der Waals surface area contributed by atoms with Crippen LogP contribution in [0.1, 0.15) is 10.4 Å². The van der Waals surface area contributed by atoms with Gasteiger partial charge in [0.2, 0.25) is 11.6 Å². The Morgan fingerprint density at radius 3 is 2.68 bits per heavy atom. The molecule has 0 fully saturated rings. The van der Waals surface area contributed by atoms with E-state index < -0.39 is 4.92 Å². The summed E-state index contributed by atoms with van der Waals surface area (Å²) in [6, 6.07) is 7.42. The summed E-state index contributed by atoms with van der Waals surface area (Å²) in [5, 5.41) is 10.9. The van der Waals surface area contributed by atoms with E-state index in [-0.39, 0.29) is 17.3 Å². The zero-order valence-corrected chi connectivity index (χ0v) is 11.0. The van der Waals surface area contributed by atoms with E-state index in [1.807, 2.05) is 0 Å². The number of nitro groups is 1. The average molecular weight is 323 g/mol. The van der Waals surface area contributed by atoms with Crippen molar-refractivity contribution in [3.05, 3.63) is 56.7 Å². The molecule has 19 heavy (non-hydrogen) atoms. The Bertz CT molecular complexity index is 628. The van der Waals surface area contributed by atoms with Crippen molar-refractivity contribution in [2.24, 2.45) is 0 Å². The van der Waals surface area contributed by atoms with E-state index in [2.05, 4.69) is 20.9 Å². The molecule has 0 saturated carbocycles. The first-order valence-corrected chi connectivity index (χ1v) is 5.92. The fraction of sp³-hybridized carbons (Fsp3) is 0. The zero-order valence-electron chi connectivity index (χ0n) is 9.45. The Morgan fingerprint density at radius 1 is 1.32 bits per heavy atom. The molecule has 0 radical (unpaired) electrons. The van der Waals surface area contributed by atoms with Crippen molar-refractivity contribution in [1.29, 1.82) is 0 Å². The van der Waals surface area contributed by atoms with Crippen LogP contribution in [-0.2, 0) is 0 Å². The lowest BCUT2D eigenvalue weighted by atomic mass is 10.3. The number of aldehydes is 1. The number of nitro benzene ring substituents is 1. The van der Waals surface area contributed by atoms with Crippen molar-refractivity contribution in [3.8, 4) is 11.6 Å². The van der Waals surface area contributed by atoms with Crippen molar-refractivity contribution in [1.82, 2.24) is 4.98 Å². The van der Waals surface area contributed by atoms with E-state index in [0.29, 0.717) is 16.3 Å². The SMILES string of the molecule is O=Cc1ccc(Oc2ccc(Br)cc2[N+](=O)[O-])nc1. The number of carbonyl (C=O) groups excluding carboxylic acids is 1. The second-order valence-corrected chi connectivity index (χ2v) is 4.43. The average Bonchev–Trinajstić information content (AvgIpc) is 2.41. The summed E-state index contributed by atoms with van der Waals surface area (Å²) in [5.41, 5.74) is 0.230. The molecule has 1 heterocycles. The third-order valence-corrected chi connectivity index (χ3v) is 2.72. The summed E-state index contributed by atoms with van der Waals surface area (Å²) in [6.07, 6.45) is 1.98. The van der Waals surface area contributed by atoms with Crippen LogP contribution >= 0.6 is 15.9 Å². The van der Waals surface area contributed by atoms with Crippen molar-refractivity contribution < 1.29 is 14.5 Å². The number of rotatable bonds is 4. The molecule has 0 aliphatic heterocycles. The van der Waals surface area contributed by atoms with E-state index >= 15 is 0 Å². The normalized spacial score (nSPS) is 9.95. The molecular formula is C12H7BrN2O4. The van der Waals surface area contributed by atoms with Crippen LogP contribution in [0.15, 0.2) is 41.0 Å². The lowest BCUT2D eigenvalue weighted by Crippen LogP contribution is -1.95. The number of hydrogen-bond acceptors (Lipinski definition) is 5. The maximum atomic E-state index is 10.9. The van der Waals surface area contributed by atoms with Crippen LogP contribution < -0.4 is 4.74 Å². The van der Waals surface area contributed by atoms with Crippen LogP contribution in [0.5, 0.6) is 11.6 Å². The van der Waals surface area contributed by atoms with Crippen LogP contribution in [0.4, 0.5) is 5.69 Å². The first kappa shape index (κ1) is 13.2. The van der Waals surface area contributed by atoms with Gasteiger partial charge in [-0.3, -0.25) is 14.9 Å². The Morgan fingerprint density at radius 2 is 2.11 bits per heavy atom. The van der Waals surface area contributed by atoms with Crippen LogP contribution in [0, 0.1) is 10.1 Å². The minimum absolute atomic E-state index is 0.0829. The molecule has 1 aromatic carbocycles. The standard InChI is InChI=1S/C12H7BrN2O4/c13-9-2-3-11(10(5-9)15(17)18)19-12-4-1-8(7-16)6-14-12/h1-7H. The Balaban J connectivity index is 2.31. The number of halogens is 1. The Kier molecular flexibility index (Phi) is 3.86. The number of pyridine rings is 1. The smallest absolute Gasteiger partial charge is 0.312 e. The lowest BCUT2D eigenvalue weighted by Gasteiger charge is -2.05. The molecule has 0 spiro atoms. The van der Waals surface area contributed by atoms with Gasteiger partial charge in [0.05, 0.1) is 4.92 Å². The quantitative estimate of drug-likeness (QED) is 0.489. The second kappa shape index (κ2) is 5.57. The van der Waals surface area contributed by atoms with Gasteiger partial charge in [0.25, 0.3) is 0 Å². The maximum absolute atomic E-state index is 10.9. The van der Waals surface area contributed by atoms with Crippen molar-refractivity contribution in [2.45, 2.75) is 0 Å². The third-order valence-electron chi connectivity index (χ3n) is 2.23. The van der Waals surface area contributed by atoms with Gasteiger partial charge in [-0.1, -0.05) is 15.9 Å².